The van der Waals surface area contributed by atoms with Crippen LogP contribution in [0.3, 0.4) is 0 Å². The number of hydrogen-bond acceptors (Lipinski definition) is 4. The molecule has 0 aliphatic heterocycles. The number of carbonyl (C=O) groups is 1. The highest BCUT2D eigenvalue weighted by Gasteiger charge is 2.22. The molecule has 5 aromatic rings. The number of nitrogens with one attached hydrogen (secondary N) is 2. The molecule has 0 radical (unpaired) electrons. The second-order valence-electron chi connectivity index (χ2n) is 8.99. The number of halogens is 2. The Balaban J connectivity index is 1.49. The Morgan fingerprint density at radius 1 is 1.05 bits per heavy atom. The number of phenolic OH excluding ortho intramolecular Hbond substituents is 1. The summed E-state index contributed by atoms with van der Waals surface area (Å²) < 4.78 is 33.3. The molecule has 0 fully saturated rings. The maximum atomic E-state index is 14.0. The third-order valence-electron chi connectivity index (χ3n) is 6.37. The highest BCUT2D eigenvalue weighted by atomic mass is 19.1. The zero-order chi connectivity index (χ0) is 26.6. The van der Waals surface area contributed by atoms with Gasteiger partial charge in [-0.15, -0.1) is 0 Å². The number of aromatic nitrogens is 2. The molecule has 192 valence electrons. The number of amides is 1. The van der Waals surface area contributed by atoms with Gasteiger partial charge in [-0.3, -0.25) is 9.78 Å². The predicted octanol–water partition coefficient (Wildman–Crippen LogP) is 5.87. The van der Waals surface area contributed by atoms with Gasteiger partial charge in [0.15, 0.2) is 0 Å². The Labute approximate surface area is 217 Å². The summed E-state index contributed by atoms with van der Waals surface area (Å²) >= 11 is 0. The zero-order valence-electron chi connectivity index (χ0n) is 20.5. The van der Waals surface area contributed by atoms with Gasteiger partial charge in [0.1, 0.15) is 23.1 Å². The normalized spacial score (nSPS) is 11.9. The number of benzene rings is 3. The monoisotopic (exact) mass is 513 g/mol. The van der Waals surface area contributed by atoms with Crippen molar-refractivity contribution in [2.24, 2.45) is 0 Å². The lowest BCUT2D eigenvalue weighted by atomic mass is 9.95. The van der Waals surface area contributed by atoms with Crippen LogP contribution < -0.4 is 10.1 Å². The smallest absolute Gasteiger partial charge is 0.225 e. The number of rotatable bonds is 8. The van der Waals surface area contributed by atoms with Crippen LogP contribution in [0.5, 0.6) is 11.5 Å². The minimum Gasteiger partial charge on any atom is -0.508 e. The molecule has 0 bridgehead atoms. The molecular weight excluding hydrogens is 488 g/mol. The molecule has 0 saturated heterocycles. The molecule has 2 aromatic heterocycles. The number of ether oxygens (including phenoxy) is 1. The summed E-state index contributed by atoms with van der Waals surface area (Å²) in [7, 11) is 1.59. The molecule has 2 heterocycles. The number of carbonyl (C=O) groups excluding carboxylic acids is 1. The molecule has 5 rings (SSSR count). The quantitative estimate of drug-likeness (QED) is 0.242. The van der Waals surface area contributed by atoms with E-state index in [0.717, 1.165) is 28.1 Å². The largest absolute Gasteiger partial charge is 0.508 e. The van der Waals surface area contributed by atoms with Crippen LogP contribution in [0.1, 0.15) is 22.9 Å². The first-order valence-corrected chi connectivity index (χ1v) is 12.0. The van der Waals surface area contributed by atoms with Crippen molar-refractivity contribution in [1.82, 2.24) is 15.3 Å². The molecule has 38 heavy (non-hydrogen) atoms. The SMILES string of the molecule is COc1ccc(-c2cccnc2[C@H](Cc2cc(F)cc(F)c2)NC(=O)Cc2c[nH]c3ccc(O)cc23)cc1. The van der Waals surface area contributed by atoms with Crippen LogP contribution in [-0.4, -0.2) is 28.1 Å². The van der Waals surface area contributed by atoms with E-state index in [1.54, 1.807) is 43.8 Å². The lowest BCUT2D eigenvalue weighted by Gasteiger charge is -2.22. The number of nitrogens with zero attached hydrogens (tertiary/aromatic N) is 1. The average molecular weight is 514 g/mol. The van der Waals surface area contributed by atoms with Gasteiger partial charge in [-0.1, -0.05) is 18.2 Å². The van der Waals surface area contributed by atoms with E-state index in [-0.39, 0.29) is 24.5 Å². The van der Waals surface area contributed by atoms with Gasteiger partial charge < -0.3 is 20.1 Å². The molecular formula is C30H25F2N3O3. The van der Waals surface area contributed by atoms with Crippen molar-refractivity contribution >= 4 is 16.8 Å². The minimum absolute atomic E-state index is 0.0299. The van der Waals surface area contributed by atoms with Crippen LogP contribution in [0.4, 0.5) is 8.78 Å². The highest BCUT2D eigenvalue weighted by Crippen LogP contribution is 2.31. The third kappa shape index (κ3) is 5.49. The highest BCUT2D eigenvalue weighted by molar-refractivity contribution is 5.90. The van der Waals surface area contributed by atoms with Gasteiger partial charge in [0.25, 0.3) is 0 Å². The molecule has 3 N–H and O–H groups in total. The second-order valence-corrected chi connectivity index (χ2v) is 8.99. The molecule has 0 aliphatic carbocycles. The van der Waals surface area contributed by atoms with E-state index in [9.17, 15) is 18.7 Å². The van der Waals surface area contributed by atoms with Crippen LogP contribution in [0, 0.1) is 11.6 Å². The number of hydrogen-bond donors (Lipinski definition) is 3. The molecule has 1 atom stereocenters. The molecule has 0 unspecified atom stereocenters. The third-order valence-corrected chi connectivity index (χ3v) is 6.37. The van der Waals surface area contributed by atoms with Gasteiger partial charge in [0.05, 0.1) is 25.3 Å². The summed E-state index contributed by atoms with van der Waals surface area (Å²) in [6.45, 7) is 0. The molecule has 6 nitrogen and oxygen atoms in total. The van der Waals surface area contributed by atoms with E-state index >= 15 is 0 Å². The van der Waals surface area contributed by atoms with Crippen LogP contribution >= 0.6 is 0 Å². The lowest BCUT2D eigenvalue weighted by Crippen LogP contribution is -2.32. The molecule has 0 aliphatic rings. The Bertz CT molecular complexity index is 1580. The maximum absolute atomic E-state index is 14.0. The number of H-pyrrole nitrogens is 1. The summed E-state index contributed by atoms with van der Waals surface area (Å²) in [5.74, 6) is -0.894. The lowest BCUT2D eigenvalue weighted by molar-refractivity contribution is -0.121. The van der Waals surface area contributed by atoms with E-state index in [1.807, 2.05) is 30.3 Å². The molecule has 8 heteroatoms. The van der Waals surface area contributed by atoms with Crippen LogP contribution in [-0.2, 0) is 17.6 Å². The standard InChI is InChI=1S/C30H25F2N3O3/c1-38-24-7-4-19(5-8-24)25-3-2-10-33-30(25)28(13-18-11-21(31)15-22(32)12-18)35-29(37)14-20-17-34-27-9-6-23(36)16-26(20)27/h2-12,15-17,28,34,36H,13-14H2,1H3,(H,35,37)/t28-/m0/s1. The maximum Gasteiger partial charge on any atom is 0.225 e. The van der Waals surface area contributed by atoms with E-state index in [4.69, 9.17) is 4.74 Å². The van der Waals surface area contributed by atoms with Crippen molar-refractivity contribution in [3.05, 3.63) is 114 Å². The van der Waals surface area contributed by atoms with Crippen molar-refractivity contribution in [2.45, 2.75) is 18.9 Å². The fourth-order valence-electron chi connectivity index (χ4n) is 4.62. The van der Waals surface area contributed by atoms with Crippen molar-refractivity contribution in [3.63, 3.8) is 0 Å². The molecule has 3 aromatic carbocycles. The summed E-state index contributed by atoms with van der Waals surface area (Å²) in [6.07, 6.45) is 3.50. The van der Waals surface area contributed by atoms with Crippen LogP contribution in [0.15, 0.2) is 85.2 Å². The van der Waals surface area contributed by atoms with Gasteiger partial charge in [-0.25, -0.2) is 8.78 Å². The van der Waals surface area contributed by atoms with Crippen molar-refractivity contribution in [1.29, 1.82) is 0 Å². The zero-order valence-corrected chi connectivity index (χ0v) is 20.5. The first-order chi connectivity index (χ1) is 18.4. The fourth-order valence-corrected chi connectivity index (χ4v) is 4.62. The van der Waals surface area contributed by atoms with E-state index in [0.29, 0.717) is 22.6 Å². The number of aromatic hydroxyl groups is 1. The second kappa shape index (κ2) is 10.7. The molecule has 1 amide bonds. The number of pyridine rings is 1. The summed E-state index contributed by atoms with van der Waals surface area (Å²) in [5.41, 5.74) is 4.08. The van der Waals surface area contributed by atoms with Gasteiger partial charge in [-0.2, -0.15) is 0 Å². The van der Waals surface area contributed by atoms with Crippen molar-refractivity contribution in [3.8, 4) is 22.6 Å². The Morgan fingerprint density at radius 2 is 1.82 bits per heavy atom. The van der Waals surface area contributed by atoms with Gasteiger partial charge in [0.2, 0.25) is 5.91 Å². The first kappa shape index (κ1) is 25.0. The van der Waals surface area contributed by atoms with E-state index in [2.05, 4.69) is 15.3 Å². The number of phenols is 1. The number of aromatic amines is 1. The van der Waals surface area contributed by atoms with Crippen LogP contribution in [0.2, 0.25) is 0 Å². The Hall–Kier alpha value is -4.72. The van der Waals surface area contributed by atoms with Crippen LogP contribution in [0.25, 0.3) is 22.0 Å². The first-order valence-electron chi connectivity index (χ1n) is 12.0. The average Bonchev–Trinajstić information content (AvgIpc) is 3.29. The van der Waals surface area contributed by atoms with E-state index < -0.39 is 17.7 Å². The Morgan fingerprint density at radius 3 is 2.55 bits per heavy atom. The summed E-state index contributed by atoms with van der Waals surface area (Å²) in [4.78, 5) is 21.0. The fraction of sp³-hybridized carbons (Fsp3) is 0.133. The van der Waals surface area contributed by atoms with Crippen molar-refractivity contribution < 1.29 is 23.4 Å². The predicted molar refractivity (Wildman–Crippen MR) is 141 cm³/mol. The molecule has 0 saturated carbocycles. The van der Waals surface area contributed by atoms with Gasteiger partial charge >= 0.3 is 0 Å². The summed E-state index contributed by atoms with van der Waals surface area (Å²) in [6, 6.07) is 18.7. The van der Waals surface area contributed by atoms with E-state index in [1.165, 1.54) is 12.1 Å². The Kier molecular flexibility index (Phi) is 7.04. The molecule has 0 spiro atoms. The number of fused-ring (bicyclic) bond motifs is 1. The van der Waals surface area contributed by atoms with Gasteiger partial charge in [0, 0.05) is 34.9 Å². The number of methoxy groups -OCH3 is 1. The van der Waals surface area contributed by atoms with Crippen molar-refractivity contribution in [2.75, 3.05) is 7.11 Å². The topological polar surface area (TPSA) is 87.2 Å². The summed E-state index contributed by atoms with van der Waals surface area (Å²) in [5, 5.41) is 13.7. The minimum atomic E-state index is -0.694. The van der Waals surface area contributed by atoms with Gasteiger partial charge in [-0.05, 0) is 71.6 Å².